The van der Waals surface area contributed by atoms with Crippen LogP contribution in [-0.2, 0) is 16.0 Å². The molecule has 0 saturated carbocycles. The lowest BCUT2D eigenvalue weighted by molar-refractivity contribution is -0.0201. The van der Waals surface area contributed by atoms with E-state index < -0.39 is 5.60 Å². The van der Waals surface area contributed by atoms with Crippen molar-refractivity contribution in [1.82, 2.24) is 15.5 Å². The Morgan fingerprint density at radius 3 is 2.58 bits per heavy atom. The first kappa shape index (κ1) is 27.9. The second-order valence-corrected chi connectivity index (χ2v) is 7.73. The summed E-state index contributed by atoms with van der Waals surface area (Å²) >= 11 is 0. The third-order valence-corrected chi connectivity index (χ3v) is 4.85. The molecule has 0 radical (unpaired) electrons. The molecule has 0 aromatic heterocycles. The minimum atomic E-state index is -0.870. The maximum Gasteiger partial charge on any atom is 0.191 e. The van der Waals surface area contributed by atoms with Gasteiger partial charge in [-0.25, -0.2) is 4.99 Å². The van der Waals surface area contributed by atoms with Gasteiger partial charge in [0.1, 0.15) is 5.75 Å². The molecule has 1 aromatic rings. The lowest BCUT2D eigenvalue weighted by Gasteiger charge is -2.34. The van der Waals surface area contributed by atoms with E-state index in [-0.39, 0.29) is 24.0 Å². The first-order valence-corrected chi connectivity index (χ1v) is 10.8. The first-order valence-electron chi connectivity index (χ1n) is 10.8. The van der Waals surface area contributed by atoms with Crippen LogP contribution < -0.4 is 15.4 Å². The van der Waals surface area contributed by atoms with Crippen molar-refractivity contribution in [2.45, 2.75) is 32.4 Å². The zero-order valence-electron chi connectivity index (χ0n) is 19.1. The molecule has 1 aliphatic heterocycles. The monoisotopic (exact) mass is 550 g/mol. The van der Waals surface area contributed by atoms with Crippen molar-refractivity contribution in [3.63, 3.8) is 0 Å². The number of nitrogens with one attached hydrogen (secondary N) is 2. The zero-order chi connectivity index (χ0) is 21.7. The molecule has 1 atom stereocenters. The molecule has 1 fully saturated rings. The van der Waals surface area contributed by atoms with Gasteiger partial charge in [-0.2, -0.15) is 0 Å². The van der Waals surface area contributed by atoms with Crippen molar-refractivity contribution in [2.75, 3.05) is 66.3 Å². The minimum Gasteiger partial charge on any atom is -0.497 e. The summed E-state index contributed by atoms with van der Waals surface area (Å²) in [6.07, 6.45) is 0.890. The number of methoxy groups -OCH3 is 1. The molecule has 1 aromatic carbocycles. The molecule has 0 aliphatic carbocycles. The molecule has 1 saturated heterocycles. The van der Waals surface area contributed by atoms with Crippen molar-refractivity contribution in [2.24, 2.45) is 4.99 Å². The zero-order valence-corrected chi connectivity index (χ0v) is 21.4. The van der Waals surface area contributed by atoms with Crippen LogP contribution >= 0.6 is 24.0 Å². The molecule has 9 heteroatoms. The second kappa shape index (κ2) is 15.6. The average Bonchev–Trinajstić information content (AvgIpc) is 2.75. The Balaban J connectivity index is 0.00000480. The smallest absolute Gasteiger partial charge is 0.191 e. The van der Waals surface area contributed by atoms with E-state index in [0.717, 1.165) is 57.2 Å². The molecule has 0 spiro atoms. The maximum absolute atomic E-state index is 10.8. The van der Waals surface area contributed by atoms with E-state index in [1.165, 1.54) is 0 Å². The normalized spacial score (nSPS) is 16.8. The Hall–Kier alpha value is -1.14. The highest BCUT2D eigenvalue weighted by Crippen LogP contribution is 2.12. The quantitative estimate of drug-likeness (QED) is 0.159. The lowest BCUT2D eigenvalue weighted by atomic mass is 10.1. The van der Waals surface area contributed by atoms with Crippen LogP contribution in [-0.4, -0.2) is 87.8 Å². The standard InChI is InChI=1S/C22H38N4O4.HI/c1-4-29-13-5-10-23-21(24-16-19-6-8-20(28-3)9-7-19)25-17-22(2,27)18-26-11-14-30-15-12-26;/h6-9,27H,4-5,10-18H2,1-3H3,(H2,23,24,25);1H. The van der Waals surface area contributed by atoms with E-state index in [4.69, 9.17) is 14.2 Å². The summed E-state index contributed by atoms with van der Waals surface area (Å²) < 4.78 is 16.0. The van der Waals surface area contributed by atoms with Gasteiger partial charge in [0.05, 0.1) is 32.5 Å². The number of ether oxygens (including phenoxy) is 3. The Morgan fingerprint density at radius 2 is 1.94 bits per heavy atom. The first-order chi connectivity index (χ1) is 14.5. The van der Waals surface area contributed by atoms with E-state index in [2.05, 4.69) is 20.5 Å². The van der Waals surface area contributed by atoms with E-state index in [1.807, 2.05) is 38.1 Å². The molecule has 1 unspecified atom stereocenters. The highest BCUT2D eigenvalue weighted by molar-refractivity contribution is 14.0. The SMILES string of the molecule is CCOCCCNC(=NCc1ccc(OC)cc1)NCC(C)(O)CN1CCOCC1.I. The topological polar surface area (TPSA) is 87.6 Å². The van der Waals surface area contributed by atoms with Gasteiger partial charge in [-0.05, 0) is 38.0 Å². The van der Waals surface area contributed by atoms with E-state index in [1.54, 1.807) is 7.11 Å². The van der Waals surface area contributed by atoms with Crippen LogP contribution in [0.3, 0.4) is 0 Å². The maximum atomic E-state index is 10.8. The number of aliphatic hydroxyl groups is 1. The average molecular weight is 550 g/mol. The summed E-state index contributed by atoms with van der Waals surface area (Å²) in [6, 6.07) is 7.87. The van der Waals surface area contributed by atoms with Gasteiger partial charge in [-0.15, -0.1) is 24.0 Å². The van der Waals surface area contributed by atoms with Gasteiger partial charge in [0.2, 0.25) is 0 Å². The number of rotatable bonds is 12. The van der Waals surface area contributed by atoms with Crippen LogP contribution in [0.15, 0.2) is 29.3 Å². The van der Waals surface area contributed by atoms with Gasteiger partial charge in [-0.1, -0.05) is 12.1 Å². The second-order valence-electron chi connectivity index (χ2n) is 7.73. The van der Waals surface area contributed by atoms with Gasteiger partial charge in [0, 0.05) is 45.9 Å². The fourth-order valence-corrected chi connectivity index (χ4v) is 3.17. The molecule has 1 aliphatic rings. The molecule has 0 bridgehead atoms. The predicted molar refractivity (Wildman–Crippen MR) is 135 cm³/mol. The number of nitrogens with zero attached hydrogens (tertiary/aromatic N) is 2. The van der Waals surface area contributed by atoms with Crippen molar-refractivity contribution >= 4 is 29.9 Å². The van der Waals surface area contributed by atoms with Crippen molar-refractivity contribution in [3.8, 4) is 5.75 Å². The summed E-state index contributed by atoms with van der Waals surface area (Å²) in [5, 5.41) is 17.5. The summed E-state index contributed by atoms with van der Waals surface area (Å²) in [4.78, 5) is 6.92. The van der Waals surface area contributed by atoms with Crippen LogP contribution in [0, 0.1) is 0 Å². The van der Waals surface area contributed by atoms with Gasteiger partial charge >= 0.3 is 0 Å². The molecule has 8 nitrogen and oxygen atoms in total. The summed E-state index contributed by atoms with van der Waals surface area (Å²) in [6.45, 7) is 10.7. The lowest BCUT2D eigenvalue weighted by Crippen LogP contribution is -2.53. The number of benzene rings is 1. The number of halogens is 1. The Kier molecular flexibility index (Phi) is 14.1. The fraction of sp³-hybridized carbons (Fsp3) is 0.682. The van der Waals surface area contributed by atoms with Gasteiger partial charge in [0.25, 0.3) is 0 Å². The molecular weight excluding hydrogens is 511 g/mol. The van der Waals surface area contributed by atoms with Crippen molar-refractivity contribution in [1.29, 1.82) is 0 Å². The predicted octanol–water partition coefficient (Wildman–Crippen LogP) is 1.86. The van der Waals surface area contributed by atoms with Crippen LogP contribution in [0.2, 0.25) is 0 Å². The number of aliphatic imine (C=N–C) groups is 1. The molecule has 178 valence electrons. The molecule has 2 rings (SSSR count). The van der Waals surface area contributed by atoms with E-state index in [9.17, 15) is 5.11 Å². The largest absolute Gasteiger partial charge is 0.497 e. The number of hydrogen-bond acceptors (Lipinski definition) is 6. The number of morpholine rings is 1. The van der Waals surface area contributed by atoms with Crippen LogP contribution in [0.5, 0.6) is 5.75 Å². The minimum absolute atomic E-state index is 0. The number of guanidine groups is 1. The Bertz CT molecular complexity index is 622. The van der Waals surface area contributed by atoms with Crippen LogP contribution in [0.4, 0.5) is 0 Å². The summed E-state index contributed by atoms with van der Waals surface area (Å²) in [7, 11) is 1.66. The Morgan fingerprint density at radius 1 is 1.23 bits per heavy atom. The molecule has 0 amide bonds. The van der Waals surface area contributed by atoms with Gasteiger partial charge in [-0.3, -0.25) is 4.90 Å². The number of hydrogen-bond donors (Lipinski definition) is 3. The fourth-order valence-electron chi connectivity index (χ4n) is 3.17. The van der Waals surface area contributed by atoms with Crippen molar-refractivity contribution in [3.05, 3.63) is 29.8 Å². The Labute approximate surface area is 203 Å². The van der Waals surface area contributed by atoms with Crippen LogP contribution in [0.25, 0.3) is 0 Å². The van der Waals surface area contributed by atoms with Gasteiger partial charge < -0.3 is 30.0 Å². The third kappa shape index (κ3) is 11.9. The molecular formula is C22H39IN4O4. The van der Waals surface area contributed by atoms with Crippen LogP contribution in [0.1, 0.15) is 25.8 Å². The highest BCUT2D eigenvalue weighted by atomic mass is 127. The highest BCUT2D eigenvalue weighted by Gasteiger charge is 2.25. The van der Waals surface area contributed by atoms with E-state index in [0.29, 0.717) is 32.2 Å². The van der Waals surface area contributed by atoms with Crippen molar-refractivity contribution < 1.29 is 19.3 Å². The third-order valence-electron chi connectivity index (χ3n) is 4.85. The van der Waals surface area contributed by atoms with Gasteiger partial charge in [0.15, 0.2) is 5.96 Å². The van der Waals surface area contributed by atoms with E-state index >= 15 is 0 Å². The number of β-amino-alcohol motifs (C(OH)–C–C–N with tert-alkyl or cyclic N) is 1. The summed E-state index contributed by atoms with van der Waals surface area (Å²) in [5.41, 5.74) is 0.219. The molecule has 3 N–H and O–H groups in total. The molecule has 31 heavy (non-hydrogen) atoms. The molecule has 1 heterocycles. The summed E-state index contributed by atoms with van der Waals surface area (Å²) in [5.74, 6) is 1.51.